The summed E-state index contributed by atoms with van der Waals surface area (Å²) in [5, 5.41) is 2.49. The van der Waals surface area contributed by atoms with E-state index < -0.39 is 0 Å². The molecule has 1 aliphatic rings. The van der Waals surface area contributed by atoms with Crippen molar-refractivity contribution in [1.82, 2.24) is 0 Å². The molecule has 0 unspecified atom stereocenters. The summed E-state index contributed by atoms with van der Waals surface area (Å²) in [6.45, 7) is 18.2. The van der Waals surface area contributed by atoms with Gasteiger partial charge in [-0.3, -0.25) is 0 Å². The van der Waals surface area contributed by atoms with Gasteiger partial charge in [0.15, 0.2) is 0 Å². The zero-order chi connectivity index (χ0) is 27.1. The maximum Gasteiger partial charge on any atom is 0.0978 e. The van der Waals surface area contributed by atoms with Crippen LogP contribution < -0.4 is 0 Å². The van der Waals surface area contributed by atoms with Crippen LogP contribution in [0, 0.1) is 0 Å². The normalized spacial score (nSPS) is 15.4. The minimum atomic E-state index is 0.378. The molecule has 0 saturated carbocycles. The standard InChI is InChI=1S/C36H40N2/c1-21(2)26-15-11-19-30(32(26)23(5)6)37-35-28-17-9-13-25-14-10-18-29(34(25)28)36(35)38-31-20-12-16-27(22(3)4)33(31)24(7)8/h9-24H,1-8H3. The Kier molecular flexibility index (Phi) is 7.09. The van der Waals surface area contributed by atoms with Crippen molar-refractivity contribution in [3.63, 3.8) is 0 Å². The lowest BCUT2D eigenvalue weighted by atomic mass is 9.89. The van der Waals surface area contributed by atoms with Gasteiger partial charge in [-0.1, -0.05) is 116 Å². The summed E-state index contributed by atoms with van der Waals surface area (Å²) in [5.41, 5.74) is 11.8. The SMILES string of the molecule is CC(C)c1cccc(N=C2C(=Nc3cccc(C(C)C)c3C(C)C)c3cccc4cccc2c34)c1C(C)C. The van der Waals surface area contributed by atoms with Crippen LogP contribution in [0.3, 0.4) is 0 Å². The molecule has 194 valence electrons. The van der Waals surface area contributed by atoms with Gasteiger partial charge in [-0.05, 0) is 63.4 Å². The van der Waals surface area contributed by atoms with Gasteiger partial charge in [-0.15, -0.1) is 0 Å². The average molecular weight is 501 g/mol. The van der Waals surface area contributed by atoms with Crippen LogP contribution in [-0.4, -0.2) is 11.4 Å². The van der Waals surface area contributed by atoms with Crippen molar-refractivity contribution in [1.29, 1.82) is 0 Å². The Labute approximate surface area is 228 Å². The van der Waals surface area contributed by atoms with Crippen LogP contribution in [0.25, 0.3) is 10.8 Å². The summed E-state index contributed by atoms with van der Waals surface area (Å²) in [6, 6.07) is 26.3. The third-order valence-electron chi connectivity index (χ3n) is 7.74. The summed E-state index contributed by atoms with van der Waals surface area (Å²) >= 11 is 0. The molecule has 0 amide bonds. The summed E-state index contributed by atoms with van der Waals surface area (Å²) in [7, 11) is 0. The molecule has 0 saturated heterocycles. The molecule has 2 nitrogen and oxygen atoms in total. The van der Waals surface area contributed by atoms with E-state index in [0.29, 0.717) is 23.7 Å². The van der Waals surface area contributed by atoms with Crippen LogP contribution in [0.4, 0.5) is 11.4 Å². The molecule has 0 N–H and O–H groups in total. The van der Waals surface area contributed by atoms with E-state index in [1.54, 1.807) is 0 Å². The number of benzene rings is 4. The molecule has 0 atom stereocenters. The highest BCUT2D eigenvalue weighted by Gasteiger charge is 2.28. The Bertz CT molecular complexity index is 1450. The Morgan fingerprint density at radius 1 is 0.447 bits per heavy atom. The monoisotopic (exact) mass is 500 g/mol. The molecule has 0 spiro atoms. The minimum absolute atomic E-state index is 0.378. The van der Waals surface area contributed by atoms with Gasteiger partial charge >= 0.3 is 0 Å². The molecule has 4 aromatic carbocycles. The molecule has 4 aromatic rings. The molecule has 0 fully saturated rings. The third-order valence-corrected chi connectivity index (χ3v) is 7.74. The zero-order valence-electron chi connectivity index (χ0n) is 24.1. The maximum atomic E-state index is 5.46. The van der Waals surface area contributed by atoms with Gasteiger partial charge in [-0.25, -0.2) is 9.98 Å². The molecule has 38 heavy (non-hydrogen) atoms. The first kappa shape index (κ1) is 26.1. The fourth-order valence-corrected chi connectivity index (χ4v) is 6.06. The Hall–Kier alpha value is -3.52. The lowest BCUT2D eigenvalue weighted by Gasteiger charge is -2.19. The van der Waals surface area contributed by atoms with Crippen LogP contribution in [0.5, 0.6) is 0 Å². The van der Waals surface area contributed by atoms with Gasteiger partial charge in [0, 0.05) is 16.5 Å². The third kappa shape index (κ3) is 4.51. The quantitative estimate of drug-likeness (QED) is 0.251. The first-order valence-corrected chi connectivity index (χ1v) is 14.1. The second-order valence-corrected chi connectivity index (χ2v) is 11.8. The van der Waals surface area contributed by atoms with Gasteiger partial charge in [-0.2, -0.15) is 0 Å². The number of hydrogen-bond acceptors (Lipinski definition) is 2. The highest BCUT2D eigenvalue weighted by atomic mass is 14.8. The van der Waals surface area contributed by atoms with E-state index in [1.165, 1.54) is 44.2 Å². The predicted molar refractivity (Wildman–Crippen MR) is 166 cm³/mol. The van der Waals surface area contributed by atoms with Crippen LogP contribution in [-0.2, 0) is 0 Å². The molecule has 0 radical (unpaired) electrons. The molecule has 0 aliphatic heterocycles. The average Bonchev–Trinajstić information content (AvgIpc) is 3.17. The largest absolute Gasteiger partial charge is 0.246 e. The van der Waals surface area contributed by atoms with Crippen LogP contribution in [0.1, 0.15) is 112 Å². The summed E-state index contributed by atoms with van der Waals surface area (Å²) in [4.78, 5) is 10.9. The van der Waals surface area contributed by atoms with Crippen molar-refractivity contribution in [2.24, 2.45) is 9.98 Å². The fraction of sp³-hybridized carbons (Fsp3) is 0.333. The van der Waals surface area contributed by atoms with Gasteiger partial charge in [0.1, 0.15) is 0 Å². The van der Waals surface area contributed by atoms with Crippen LogP contribution in [0.15, 0.2) is 82.8 Å². The fourth-order valence-electron chi connectivity index (χ4n) is 6.06. The number of nitrogens with zero attached hydrogens (tertiary/aromatic N) is 2. The number of hydrogen-bond donors (Lipinski definition) is 0. The molecular weight excluding hydrogens is 460 g/mol. The maximum absolute atomic E-state index is 5.46. The van der Waals surface area contributed by atoms with E-state index in [4.69, 9.17) is 9.98 Å². The van der Waals surface area contributed by atoms with Crippen molar-refractivity contribution in [3.8, 4) is 0 Å². The predicted octanol–water partition coefficient (Wildman–Crippen LogP) is 10.6. The Morgan fingerprint density at radius 2 is 0.842 bits per heavy atom. The van der Waals surface area contributed by atoms with Gasteiger partial charge in [0.05, 0.1) is 22.8 Å². The van der Waals surface area contributed by atoms with Crippen LogP contribution in [0.2, 0.25) is 0 Å². The van der Waals surface area contributed by atoms with E-state index in [-0.39, 0.29) is 0 Å². The van der Waals surface area contributed by atoms with Crippen molar-refractivity contribution in [3.05, 3.63) is 106 Å². The summed E-state index contributed by atoms with van der Waals surface area (Å²) in [5.74, 6) is 1.64. The highest BCUT2D eigenvalue weighted by molar-refractivity contribution is 6.61. The second-order valence-electron chi connectivity index (χ2n) is 11.8. The van der Waals surface area contributed by atoms with Gasteiger partial charge < -0.3 is 0 Å². The van der Waals surface area contributed by atoms with Crippen molar-refractivity contribution < 1.29 is 0 Å². The summed E-state index contributed by atoms with van der Waals surface area (Å²) in [6.07, 6.45) is 0. The van der Waals surface area contributed by atoms with Crippen molar-refractivity contribution in [2.75, 3.05) is 0 Å². The van der Waals surface area contributed by atoms with Crippen LogP contribution >= 0.6 is 0 Å². The molecule has 0 heterocycles. The second kappa shape index (κ2) is 10.3. The molecule has 2 heteroatoms. The van der Waals surface area contributed by atoms with E-state index in [0.717, 1.165) is 22.8 Å². The molecular formula is C36H40N2. The molecule has 5 rings (SSSR count). The first-order valence-electron chi connectivity index (χ1n) is 14.1. The lowest BCUT2D eigenvalue weighted by molar-refractivity contribution is 0.791. The van der Waals surface area contributed by atoms with E-state index in [1.807, 2.05) is 0 Å². The Balaban J connectivity index is 1.83. The minimum Gasteiger partial charge on any atom is -0.246 e. The van der Waals surface area contributed by atoms with E-state index in [9.17, 15) is 0 Å². The van der Waals surface area contributed by atoms with E-state index >= 15 is 0 Å². The lowest BCUT2D eigenvalue weighted by Crippen LogP contribution is -2.11. The number of aliphatic imine (C=N–C) groups is 2. The van der Waals surface area contributed by atoms with Gasteiger partial charge in [0.25, 0.3) is 0 Å². The first-order chi connectivity index (χ1) is 18.2. The molecule has 0 bridgehead atoms. The van der Waals surface area contributed by atoms with Crippen molar-refractivity contribution >= 4 is 33.6 Å². The van der Waals surface area contributed by atoms with Gasteiger partial charge in [0.2, 0.25) is 0 Å². The summed E-state index contributed by atoms with van der Waals surface area (Å²) < 4.78 is 0. The molecule has 1 aliphatic carbocycles. The smallest absolute Gasteiger partial charge is 0.0978 e. The molecule has 0 aromatic heterocycles. The highest BCUT2D eigenvalue weighted by Crippen LogP contribution is 2.40. The van der Waals surface area contributed by atoms with Crippen molar-refractivity contribution in [2.45, 2.75) is 79.1 Å². The topological polar surface area (TPSA) is 24.7 Å². The zero-order valence-corrected chi connectivity index (χ0v) is 24.1. The van der Waals surface area contributed by atoms with E-state index in [2.05, 4.69) is 128 Å². The Morgan fingerprint density at radius 3 is 1.21 bits per heavy atom. The number of rotatable bonds is 6.